The summed E-state index contributed by atoms with van der Waals surface area (Å²) in [7, 11) is 0. The quantitative estimate of drug-likeness (QED) is 0.369. The number of carbonyl (C=O) groups excluding carboxylic acids is 2. The summed E-state index contributed by atoms with van der Waals surface area (Å²) in [5.41, 5.74) is 1.26. The molecular weight excluding hydrogens is 482 g/mol. The molecule has 5 nitrogen and oxygen atoms in total. The predicted molar refractivity (Wildman–Crippen MR) is 136 cm³/mol. The van der Waals surface area contributed by atoms with E-state index in [2.05, 4.69) is 13.8 Å². The Hall–Kier alpha value is -3.26. The second-order valence-electron chi connectivity index (χ2n) is 9.34. The van der Waals surface area contributed by atoms with Gasteiger partial charge in [-0.3, -0.25) is 9.59 Å². The molecule has 0 N–H and O–H groups in total. The van der Waals surface area contributed by atoms with Crippen LogP contribution >= 0.6 is 11.3 Å². The molecular formula is C28H30F2N2O3S. The number of halogens is 2. The Bertz CT molecular complexity index is 1200. The zero-order valence-electron chi connectivity index (χ0n) is 20.5. The van der Waals surface area contributed by atoms with Crippen molar-refractivity contribution in [2.75, 3.05) is 26.2 Å². The summed E-state index contributed by atoms with van der Waals surface area (Å²) in [5.74, 6) is -0.533. The molecule has 0 saturated heterocycles. The third kappa shape index (κ3) is 6.29. The van der Waals surface area contributed by atoms with E-state index in [1.54, 1.807) is 34.4 Å². The number of ether oxygens (including phenoxy) is 1. The third-order valence-electron chi connectivity index (χ3n) is 6.30. The summed E-state index contributed by atoms with van der Waals surface area (Å²) in [6.07, 6.45) is 1.45. The Kier molecular flexibility index (Phi) is 8.36. The van der Waals surface area contributed by atoms with E-state index in [1.165, 1.54) is 40.1 Å². The van der Waals surface area contributed by atoms with Crippen LogP contribution in [0.15, 0.2) is 60.0 Å². The molecule has 0 aliphatic carbocycles. The van der Waals surface area contributed by atoms with Crippen molar-refractivity contribution in [3.63, 3.8) is 0 Å². The number of hydrogen-bond acceptors (Lipinski definition) is 4. The number of amides is 2. The highest BCUT2D eigenvalue weighted by atomic mass is 32.1. The number of rotatable bonds is 9. The van der Waals surface area contributed by atoms with Gasteiger partial charge in [-0.25, -0.2) is 8.78 Å². The third-order valence-corrected chi connectivity index (χ3v) is 7.29. The molecule has 36 heavy (non-hydrogen) atoms. The summed E-state index contributed by atoms with van der Waals surface area (Å²) in [5, 5.41) is 2.01. The summed E-state index contributed by atoms with van der Waals surface area (Å²) in [6, 6.07) is 13.0. The molecule has 1 atom stereocenters. The molecule has 1 aliphatic rings. The molecule has 1 unspecified atom stereocenters. The molecule has 2 amide bonds. The first-order valence-corrected chi connectivity index (χ1v) is 13.0. The second-order valence-corrected chi connectivity index (χ2v) is 10.3. The molecule has 0 fully saturated rings. The monoisotopic (exact) mass is 512 g/mol. The number of benzene rings is 2. The van der Waals surface area contributed by atoms with Crippen LogP contribution in [0.25, 0.3) is 0 Å². The molecule has 0 spiro atoms. The Balaban J connectivity index is 1.53. The molecule has 8 heteroatoms. The van der Waals surface area contributed by atoms with Gasteiger partial charge in [-0.05, 0) is 78.2 Å². The zero-order valence-corrected chi connectivity index (χ0v) is 21.3. The maximum absolute atomic E-state index is 13.8. The topological polar surface area (TPSA) is 49.9 Å². The van der Waals surface area contributed by atoms with Crippen LogP contribution in [-0.4, -0.2) is 47.9 Å². The summed E-state index contributed by atoms with van der Waals surface area (Å²) < 4.78 is 33.0. The summed E-state index contributed by atoms with van der Waals surface area (Å²) >= 11 is 1.65. The van der Waals surface area contributed by atoms with Gasteiger partial charge >= 0.3 is 0 Å². The highest BCUT2D eigenvalue weighted by Crippen LogP contribution is 2.34. The van der Waals surface area contributed by atoms with Crippen molar-refractivity contribution in [1.29, 1.82) is 0 Å². The van der Waals surface area contributed by atoms with Crippen molar-refractivity contribution in [3.05, 3.63) is 87.6 Å². The van der Waals surface area contributed by atoms with E-state index in [0.29, 0.717) is 24.8 Å². The average Bonchev–Trinajstić information content (AvgIpc) is 3.34. The van der Waals surface area contributed by atoms with Crippen LogP contribution in [0.3, 0.4) is 0 Å². The first-order chi connectivity index (χ1) is 17.3. The van der Waals surface area contributed by atoms with Crippen molar-refractivity contribution in [1.82, 2.24) is 9.80 Å². The lowest BCUT2D eigenvalue weighted by molar-refractivity contribution is -0.135. The summed E-state index contributed by atoms with van der Waals surface area (Å²) in [4.78, 5) is 31.3. The SMILES string of the molecule is CC(C)CCN(CC(=O)N1CCc2sccc2C1COc1ccc(F)cc1)C(=O)c1cccc(F)c1. The smallest absolute Gasteiger partial charge is 0.254 e. The van der Waals surface area contributed by atoms with Crippen LogP contribution in [0.4, 0.5) is 8.78 Å². The minimum Gasteiger partial charge on any atom is -0.491 e. The molecule has 0 bridgehead atoms. The Morgan fingerprint density at radius 3 is 2.61 bits per heavy atom. The van der Waals surface area contributed by atoms with Gasteiger partial charge in [0.2, 0.25) is 5.91 Å². The minimum atomic E-state index is -0.491. The van der Waals surface area contributed by atoms with Gasteiger partial charge in [-0.1, -0.05) is 19.9 Å². The van der Waals surface area contributed by atoms with E-state index in [9.17, 15) is 18.4 Å². The highest BCUT2D eigenvalue weighted by molar-refractivity contribution is 7.10. The number of nitrogens with zero attached hydrogens (tertiary/aromatic N) is 2. The van der Waals surface area contributed by atoms with Crippen LogP contribution < -0.4 is 4.74 Å². The maximum Gasteiger partial charge on any atom is 0.254 e. The molecule has 4 rings (SSSR count). The fourth-order valence-corrected chi connectivity index (χ4v) is 5.23. The predicted octanol–water partition coefficient (Wildman–Crippen LogP) is 5.72. The Morgan fingerprint density at radius 1 is 1.11 bits per heavy atom. The minimum absolute atomic E-state index is 0.103. The summed E-state index contributed by atoms with van der Waals surface area (Å²) in [6.45, 7) is 5.12. The van der Waals surface area contributed by atoms with Crippen LogP contribution in [0.2, 0.25) is 0 Å². The molecule has 2 aromatic carbocycles. The highest BCUT2D eigenvalue weighted by Gasteiger charge is 2.33. The zero-order chi connectivity index (χ0) is 25.7. The fourth-order valence-electron chi connectivity index (χ4n) is 4.31. The lowest BCUT2D eigenvalue weighted by Gasteiger charge is -2.37. The van der Waals surface area contributed by atoms with Crippen molar-refractivity contribution in [3.8, 4) is 5.75 Å². The molecule has 0 radical (unpaired) electrons. The standard InChI is InChI=1S/C28H30F2N2O3S/c1-19(2)10-13-31(28(34)20-4-3-5-22(30)16-20)17-27(33)32-14-11-26-24(12-15-36-26)25(32)18-35-23-8-6-21(29)7-9-23/h3-9,12,15-16,19,25H,10-11,13-14,17-18H2,1-2H3. The molecule has 1 aromatic heterocycles. The normalized spacial score (nSPS) is 15.0. The molecule has 3 aromatic rings. The van der Waals surface area contributed by atoms with E-state index in [-0.39, 0.29) is 42.4 Å². The average molecular weight is 513 g/mol. The molecule has 0 saturated carbocycles. The van der Waals surface area contributed by atoms with Gasteiger partial charge in [0.1, 0.15) is 30.5 Å². The largest absolute Gasteiger partial charge is 0.491 e. The van der Waals surface area contributed by atoms with Gasteiger partial charge in [0.15, 0.2) is 0 Å². The van der Waals surface area contributed by atoms with Gasteiger partial charge < -0.3 is 14.5 Å². The lowest BCUT2D eigenvalue weighted by Crippen LogP contribution is -2.48. The first-order valence-electron chi connectivity index (χ1n) is 12.1. The molecule has 190 valence electrons. The Morgan fingerprint density at radius 2 is 1.89 bits per heavy atom. The maximum atomic E-state index is 13.8. The van der Waals surface area contributed by atoms with E-state index >= 15 is 0 Å². The van der Waals surface area contributed by atoms with Crippen LogP contribution in [-0.2, 0) is 11.2 Å². The number of hydrogen-bond donors (Lipinski definition) is 0. The van der Waals surface area contributed by atoms with E-state index in [0.717, 1.165) is 18.4 Å². The van der Waals surface area contributed by atoms with Gasteiger partial charge in [-0.2, -0.15) is 0 Å². The van der Waals surface area contributed by atoms with Gasteiger partial charge in [-0.15, -0.1) is 11.3 Å². The first kappa shape index (κ1) is 25.8. The van der Waals surface area contributed by atoms with Crippen LogP contribution in [0.5, 0.6) is 5.75 Å². The number of fused-ring (bicyclic) bond motifs is 1. The van der Waals surface area contributed by atoms with E-state index in [4.69, 9.17) is 4.74 Å². The van der Waals surface area contributed by atoms with Gasteiger partial charge in [0.25, 0.3) is 5.91 Å². The Labute approximate surface area is 214 Å². The van der Waals surface area contributed by atoms with Gasteiger partial charge in [0.05, 0.1) is 6.04 Å². The van der Waals surface area contributed by atoms with Crippen molar-refractivity contribution in [2.45, 2.75) is 32.7 Å². The van der Waals surface area contributed by atoms with Crippen LogP contribution in [0.1, 0.15) is 47.1 Å². The van der Waals surface area contributed by atoms with Crippen molar-refractivity contribution >= 4 is 23.2 Å². The van der Waals surface area contributed by atoms with E-state index in [1.807, 2.05) is 11.4 Å². The van der Waals surface area contributed by atoms with Gasteiger partial charge in [0, 0.05) is 23.5 Å². The van der Waals surface area contributed by atoms with Crippen LogP contribution in [0, 0.1) is 17.6 Å². The number of carbonyl (C=O) groups is 2. The fraction of sp³-hybridized carbons (Fsp3) is 0.357. The second kappa shape index (κ2) is 11.6. The van der Waals surface area contributed by atoms with Crippen molar-refractivity contribution in [2.24, 2.45) is 5.92 Å². The molecule has 2 heterocycles. The number of thiophene rings is 1. The van der Waals surface area contributed by atoms with E-state index < -0.39 is 5.82 Å². The molecule has 1 aliphatic heterocycles. The van der Waals surface area contributed by atoms with Crippen molar-refractivity contribution < 1.29 is 23.1 Å². The lowest BCUT2D eigenvalue weighted by atomic mass is 10.00.